The van der Waals surface area contributed by atoms with Crippen LogP contribution in [0.1, 0.15) is 12.8 Å². The molecule has 1 aromatic carbocycles. The average Bonchev–Trinajstić information content (AvgIpc) is 2.40. The van der Waals surface area contributed by atoms with E-state index in [1.54, 1.807) is 0 Å². The summed E-state index contributed by atoms with van der Waals surface area (Å²) in [4.78, 5) is 22.8. The first-order valence-electron chi connectivity index (χ1n) is 6.04. The van der Waals surface area contributed by atoms with Crippen LogP contribution in [0.25, 0.3) is 0 Å². The molecule has 2 amide bonds. The molecule has 1 fully saturated rings. The number of hydrogen-bond donors (Lipinski definition) is 3. The molecule has 1 aliphatic heterocycles. The van der Waals surface area contributed by atoms with Gasteiger partial charge in [0.25, 0.3) is 0 Å². The number of halogens is 3. The van der Waals surface area contributed by atoms with Crippen molar-refractivity contribution in [2.45, 2.75) is 25.2 Å². The second kappa shape index (κ2) is 6.00. The van der Waals surface area contributed by atoms with Gasteiger partial charge >= 0.3 is 6.36 Å². The van der Waals surface area contributed by atoms with E-state index in [1.165, 1.54) is 12.1 Å². The zero-order valence-electron chi connectivity index (χ0n) is 10.7. The van der Waals surface area contributed by atoms with Gasteiger partial charge in [-0.2, -0.15) is 0 Å². The molecule has 2 rings (SSSR count). The van der Waals surface area contributed by atoms with Crippen LogP contribution < -0.4 is 20.9 Å². The van der Waals surface area contributed by atoms with Crippen LogP contribution in [0.2, 0.25) is 0 Å². The third-order valence-corrected chi connectivity index (χ3v) is 2.72. The topological polar surface area (TPSA) is 79.5 Å². The van der Waals surface area contributed by atoms with Crippen LogP contribution in [-0.2, 0) is 9.59 Å². The molecule has 1 aromatic rings. The molecular weight excluding hydrogens is 291 g/mol. The lowest BCUT2D eigenvalue weighted by Crippen LogP contribution is -2.54. The number of nitrogens with one attached hydrogen (secondary N) is 3. The monoisotopic (exact) mass is 303 g/mol. The average molecular weight is 303 g/mol. The molecule has 114 valence electrons. The summed E-state index contributed by atoms with van der Waals surface area (Å²) >= 11 is 0. The second-order valence-electron chi connectivity index (χ2n) is 4.35. The fourth-order valence-electron chi connectivity index (χ4n) is 1.74. The van der Waals surface area contributed by atoms with Crippen molar-refractivity contribution in [3.8, 4) is 5.75 Å². The summed E-state index contributed by atoms with van der Waals surface area (Å²) in [6, 6.07) is 4.19. The number of ether oxygens (including phenoxy) is 1. The van der Waals surface area contributed by atoms with Crippen LogP contribution >= 0.6 is 0 Å². The number of anilines is 1. The molecule has 3 N–H and O–H groups in total. The van der Waals surface area contributed by atoms with E-state index < -0.39 is 12.4 Å². The van der Waals surface area contributed by atoms with Crippen molar-refractivity contribution in [1.82, 2.24) is 10.9 Å². The van der Waals surface area contributed by atoms with Gasteiger partial charge in [-0.3, -0.25) is 15.0 Å². The van der Waals surface area contributed by atoms with E-state index in [0.717, 1.165) is 12.1 Å². The maximum Gasteiger partial charge on any atom is 0.573 e. The van der Waals surface area contributed by atoms with Crippen molar-refractivity contribution in [1.29, 1.82) is 0 Å². The Balaban J connectivity index is 1.91. The van der Waals surface area contributed by atoms with Gasteiger partial charge in [-0.15, -0.1) is 13.2 Å². The molecule has 0 saturated carbocycles. The van der Waals surface area contributed by atoms with E-state index >= 15 is 0 Å². The quantitative estimate of drug-likeness (QED) is 0.786. The van der Waals surface area contributed by atoms with Gasteiger partial charge in [-0.1, -0.05) is 0 Å². The van der Waals surface area contributed by atoms with E-state index in [1.807, 2.05) is 0 Å². The van der Waals surface area contributed by atoms with Crippen molar-refractivity contribution >= 4 is 17.5 Å². The lowest BCUT2D eigenvalue weighted by atomic mass is 10.1. The van der Waals surface area contributed by atoms with Crippen molar-refractivity contribution in [2.24, 2.45) is 0 Å². The predicted molar refractivity (Wildman–Crippen MR) is 66.1 cm³/mol. The van der Waals surface area contributed by atoms with Gasteiger partial charge in [0.05, 0.1) is 0 Å². The van der Waals surface area contributed by atoms with Gasteiger partial charge in [0.1, 0.15) is 11.8 Å². The first kappa shape index (κ1) is 15.1. The van der Waals surface area contributed by atoms with E-state index in [0.29, 0.717) is 12.1 Å². The highest BCUT2D eigenvalue weighted by Crippen LogP contribution is 2.24. The van der Waals surface area contributed by atoms with E-state index in [4.69, 9.17) is 0 Å². The molecule has 0 radical (unpaired) electrons. The standard InChI is InChI=1S/C12H12F3N3O3/c13-12(14,15)21-8-3-1-7(2-4-8)16-11(20)9-5-6-10(19)18-17-9/h1-4,9,17H,5-6H2,(H,16,20)(H,18,19). The van der Waals surface area contributed by atoms with Crippen LogP contribution in [0.4, 0.5) is 18.9 Å². The van der Waals surface area contributed by atoms with Crippen molar-refractivity contribution in [3.05, 3.63) is 24.3 Å². The molecule has 6 nitrogen and oxygen atoms in total. The van der Waals surface area contributed by atoms with Crippen molar-refractivity contribution in [2.75, 3.05) is 5.32 Å². The number of hydrazine groups is 1. The zero-order valence-corrected chi connectivity index (χ0v) is 10.7. The van der Waals surface area contributed by atoms with Crippen LogP contribution in [-0.4, -0.2) is 24.2 Å². The fourth-order valence-corrected chi connectivity index (χ4v) is 1.74. The zero-order chi connectivity index (χ0) is 15.5. The molecule has 1 saturated heterocycles. The molecule has 0 spiro atoms. The minimum absolute atomic E-state index is 0.201. The van der Waals surface area contributed by atoms with Crippen molar-refractivity contribution < 1.29 is 27.5 Å². The smallest absolute Gasteiger partial charge is 0.406 e. The molecule has 9 heteroatoms. The molecule has 1 heterocycles. The molecule has 1 atom stereocenters. The Morgan fingerprint density at radius 1 is 1.29 bits per heavy atom. The summed E-state index contributed by atoms with van der Waals surface area (Å²) in [6.07, 6.45) is -4.19. The number of amides is 2. The van der Waals surface area contributed by atoms with Gasteiger partial charge in [-0.25, -0.2) is 5.43 Å². The van der Waals surface area contributed by atoms with Crippen molar-refractivity contribution in [3.63, 3.8) is 0 Å². The van der Waals surface area contributed by atoms with E-state index in [-0.39, 0.29) is 24.0 Å². The van der Waals surface area contributed by atoms with Gasteiger partial charge in [0.2, 0.25) is 11.8 Å². The second-order valence-corrected chi connectivity index (χ2v) is 4.35. The molecule has 21 heavy (non-hydrogen) atoms. The van der Waals surface area contributed by atoms with Gasteiger partial charge in [-0.05, 0) is 30.7 Å². The van der Waals surface area contributed by atoms with Gasteiger partial charge < -0.3 is 10.1 Å². The number of rotatable bonds is 3. The molecule has 0 aliphatic carbocycles. The number of carbonyl (C=O) groups excluding carboxylic acids is 2. The number of hydrogen-bond acceptors (Lipinski definition) is 4. The highest BCUT2D eigenvalue weighted by molar-refractivity contribution is 5.95. The maximum atomic E-state index is 12.0. The van der Waals surface area contributed by atoms with Gasteiger partial charge in [0.15, 0.2) is 0 Å². The Kier molecular flexibility index (Phi) is 4.32. The molecule has 1 aliphatic rings. The Hall–Kier alpha value is -2.29. The highest BCUT2D eigenvalue weighted by atomic mass is 19.4. The first-order chi connectivity index (χ1) is 9.83. The van der Waals surface area contributed by atoms with Crippen LogP contribution in [0.15, 0.2) is 24.3 Å². The Morgan fingerprint density at radius 3 is 2.48 bits per heavy atom. The lowest BCUT2D eigenvalue weighted by Gasteiger charge is -2.23. The summed E-state index contributed by atoms with van der Waals surface area (Å²) < 4.78 is 39.7. The summed E-state index contributed by atoms with van der Waals surface area (Å²) in [7, 11) is 0. The highest BCUT2D eigenvalue weighted by Gasteiger charge is 2.31. The summed E-state index contributed by atoms with van der Waals surface area (Å²) in [5.41, 5.74) is 5.21. The van der Waals surface area contributed by atoms with Gasteiger partial charge in [0, 0.05) is 12.1 Å². The molecular formula is C12H12F3N3O3. The Bertz CT molecular complexity index is 521. The maximum absolute atomic E-state index is 12.0. The minimum Gasteiger partial charge on any atom is -0.406 e. The number of carbonyl (C=O) groups is 2. The third-order valence-electron chi connectivity index (χ3n) is 2.72. The predicted octanol–water partition coefficient (Wildman–Crippen LogP) is 1.31. The molecule has 0 aromatic heterocycles. The molecule has 1 unspecified atom stereocenters. The Labute approximate surface area is 117 Å². The van der Waals surface area contributed by atoms with E-state index in [2.05, 4.69) is 20.9 Å². The summed E-state index contributed by atoms with van der Waals surface area (Å²) in [6.45, 7) is 0. The SMILES string of the molecule is O=C1CCC(C(=O)Nc2ccc(OC(F)(F)F)cc2)NN1. The minimum atomic E-state index is -4.75. The third kappa shape index (κ3) is 4.63. The van der Waals surface area contributed by atoms with E-state index in [9.17, 15) is 22.8 Å². The Morgan fingerprint density at radius 2 is 1.95 bits per heavy atom. The first-order valence-corrected chi connectivity index (χ1v) is 6.04. The number of alkyl halides is 3. The van der Waals surface area contributed by atoms with Crippen LogP contribution in [0.3, 0.4) is 0 Å². The normalized spacial score (nSPS) is 18.8. The number of benzene rings is 1. The summed E-state index contributed by atoms with van der Waals surface area (Å²) in [5, 5.41) is 2.53. The fraction of sp³-hybridized carbons (Fsp3) is 0.333. The van der Waals surface area contributed by atoms with Crippen LogP contribution in [0.5, 0.6) is 5.75 Å². The molecule has 0 bridgehead atoms. The summed E-state index contributed by atoms with van der Waals surface area (Å²) in [5.74, 6) is -0.962. The lowest BCUT2D eigenvalue weighted by molar-refractivity contribution is -0.274. The largest absolute Gasteiger partial charge is 0.573 e. The van der Waals surface area contributed by atoms with Crippen LogP contribution in [0, 0.1) is 0 Å².